The van der Waals surface area contributed by atoms with Crippen LogP contribution in [0.15, 0.2) is 23.1 Å². The van der Waals surface area contributed by atoms with Crippen molar-refractivity contribution in [3.63, 3.8) is 0 Å². The van der Waals surface area contributed by atoms with E-state index in [-0.39, 0.29) is 6.29 Å². The number of hydrogen-bond acceptors (Lipinski definition) is 3. The molecule has 16 heavy (non-hydrogen) atoms. The molecular formula is C11H12Cl2O2S. The second-order valence-corrected chi connectivity index (χ2v) is 5.37. The molecule has 88 valence electrons. The lowest BCUT2D eigenvalue weighted by Gasteiger charge is -2.08. The Morgan fingerprint density at radius 1 is 1.19 bits per heavy atom. The van der Waals surface area contributed by atoms with E-state index in [4.69, 9.17) is 32.7 Å². The molecule has 1 saturated heterocycles. The fourth-order valence-electron chi connectivity index (χ4n) is 1.41. The van der Waals surface area contributed by atoms with Gasteiger partial charge in [-0.25, -0.2) is 0 Å². The lowest BCUT2D eigenvalue weighted by atomic mass is 10.4. The van der Waals surface area contributed by atoms with Gasteiger partial charge in [-0.2, -0.15) is 0 Å². The average molecular weight is 279 g/mol. The molecule has 0 aromatic heterocycles. The molecule has 1 fully saturated rings. The molecular weight excluding hydrogens is 267 g/mol. The van der Waals surface area contributed by atoms with Gasteiger partial charge in [0.2, 0.25) is 0 Å². The first kappa shape index (κ1) is 12.5. The first-order valence-corrected chi connectivity index (χ1v) is 6.81. The molecule has 0 radical (unpaired) electrons. The van der Waals surface area contributed by atoms with Crippen LogP contribution in [0.4, 0.5) is 0 Å². The van der Waals surface area contributed by atoms with Gasteiger partial charge in [-0.05, 0) is 18.2 Å². The minimum absolute atomic E-state index is 0.0322. The van der Waals surface area contributed by atoms with E-state index < -0.39 is 0 Å². The SMILES string of the molecule is Clc1ccc(SCCC2OCCO2)cc1Cl. The normalized spacial score (nSPS) is 16.9. The second-order valence-electron chi connectivity index (χ2n) is 3.38. The number of benzene rings is 1. The molecule has 0 aliphatic carbocycles. The molecule has 0 spiro atoms. The van der Waals surface area contributed by atoms with Crippen LogP contribution in [0.5, 0.6) is 0 Å². The summed E-state index contributed by atoms with van der Waals surface area (Å²) in [5.41, 5.74) is 0. The van der Waals surface area contributed by atoms with Gasteiger partial charge in [-0.15, -0.1) is 11.8 Å². The zero-order valence-corrected chi connectivity index (χ0v) is 10.9. The van der Waals surface area contributed by atoms with Crippen molar-refractivity contribution < 1.29 is 9.47 Å². The van der Waals surface area contributed by atoms with Gasteiger partial charge < -0.3 is 9.47 Å². The first-order chi connectivity index (χ1) is 7.75. The van der Waals surface area contributed by atoms with E-state index in [0.717, 1.165) is 17.1 Å². The molecule has 1 heterocycles. The van der Waals surface area contributed by atoms with Gasteiger partial charge in [-0.1, -0.05) is 23.2 Å². The van der Waals surface area contributed by atoms with Crippen molar-refractivity contribution in [3.8, 4) is 0 Å². The molecule has 1 aliphatic rings. The zero-order valence-electron chi connectivity index (χ0n) is 8.62. The lowest BCUT2D eigenvalue weighted by Crippen LogP contribution is -2.08. The Balaban J connectivity index is 1.78. The molecule has 1 aromatic rings. The van der Waals surface area contributed by atoms with Crippen LogP contribution >= 0.6 is 35.0 Å². The van der Waals surface area contributed by atoms with Crippen molar-refractivity contribution in [3.05, 3.63) is 28.2 Å². The number of halogens is 2. The summed E-state index contributed by atoms with van der Waals surface area (Å²) in [5, 5.41) is 1.19. The number of rotatable bonds is 4. The summed E-state index contributed by atoms with van der Waals surface area (Å²) in [4.78, 5) is 1.12. The van der Waals surface area contributed by atoms with Crippen LogP contribution in [0.1, 0.15) is 6.42 Å². The number of hydrogen-bond donors (Lipinski definition) is 0. The molecule has 2 rings (SSSR count). The van der Waals surface area contributed by atoms with Crippen LogP contribution in [0.25, 0.3) is 0 Å². The highest BCUT2D eigenvalue weighted by Crippen LogP contribution is 2.28. The van der Waals surface area contributed by atoms with Crippen molar-refractivity contribution >= 4 is 35.0 Å². The molecule has 0 atom stereocenters. The fraction of sp³-hybridized carbons (Fsp3) is 0.455. The van der Waals surface area contributed by atoms with Crippen LogP contribution in [0.3, 0.4) is 0 Å². The molecule has 2 nitrogen and oxygen atoms in total. The maximum Gasteiger partial charge on any atom is 0.158 e. The van der Waals surface area contributed by atoms with Gasteiger partial charge in [0.25, 0.3) is 0 Å². The zero-order chi connectivity index (χ0) is 11.4. The molecule has 5 heteroatoms. The lowest BCUT2D eigenvalue weighted by molar-refractivity contribution is -0.0421. The summed E-state index contributed by atoms with van der Waals surface area (Å²) >= 11 is 13.5. The maximum atomic E-state index is 5.93. The molecule has 0 N–H and O–H groups in total. The van der Waals surface area contributed by atoms with Crippen molar-refractivity contribution in [1.82, 2.24) is 0 Å². The van der Waals surface area contributed by atoms with E-state index in [0.29, 0.717) is 23.3 Å². The smallest absolute Gasteiger partial charge is 0.158 e. The van der Waals surface area contributed by atoms with Gasteiger partial charge in [0.05, 0.1) is 23.3 Å². The molecule has 0 unspecified atom stereocenters. The Hall–Kier alpha value is 0.0700. The van der Waals surface area contributed by atoms with E-state index >= 15 is 0 Å². The average Bonchev–Trinajstić information content (AvgIpc) is 2.76. The van der Waals surface area contributed by atoms with Crippen LogP contribution in [0, 0.1) is 0 Å². The minimum Gasteiger partial charge on any atom is -0.350 e. The highest BCUT2D eigenvalue weighted by Gasteiger charge is 2.15. The van der Waals surface area contributed by atoms with Gasteiger partial charge in [0.1, 0.15) is 0 Å². The molecule has 0 bridgehead atoms. The van der Waals surface area contributed by atoms with E-state index in [9.17, 15) is 0 Å². The summed E-state index contributed by atoms with van der Waals surface area (Å²) in [7, 11) is 0. The third-order valence-electron chi connectivity index (χ3n) is 2.20. The van der Waals surface area contributed by atoms with Crippen molar-refractivity contribution in [2.24, 2.45) is 0 Å². The quantitative estimate of drug-likeness (QED) is 0.780. The standard InChI is InChI=1S/C11H12Cl2O2S/c12-9-2-1-8(7-10(9)13)16-6-3-11-14-4-5-15-11/h1-2,7,11H,3-6H2. The Kier molecular flexibility index (Phi) is 4.79. The maximum absolute atomic E-state index is 5.93. The number of thioether (sulfide) groups is 1. The fourth-order valence-corrected chi connectivity index (χ4v) is 2.69. The van der Waals surface area contributed by atoms with Gasteiger partial charge in [-0.3, -0.25) is 0 Å². The van der Waals surface area contributed by atoms with Crippen LogP contribution in [-0.4, -0.2) is 25.3 Å². The summed E-state index contributed by atoms with van der Waals surface area (Å²) in [6.45, 7) is 1.42. The van der Waals surface area contributed by atoms with Gasteiger partial charge in [0.15, 0.2) is 6.29 Å². The third kappa shape index (κ3) is 3.54. The van der Waals surface area contributed by atoms with Gasteiger partial charge >= 0.3 is 0 Å². The van der Waals surface area contributed by atoms with Crippen LogP contribution in [0.2, 0.25) is 10.0 Å². The van der Waals surface area contributed by atoms with E-state index in [2.05, 4.69) is 0 Å². The predicted octanol–water partition coefficient (Wildman–Crippen LogP) is 3.85. The Labute approximate surface area is 109 Å². The van der Waals surface area contributed by atoms with Crippen LogP contribution < -0.4 is 0 Å². The Morgan fingerprint density at radius 2 is 1.94 bits per heavy atom. The molecule has 1 aliphatic heterocycles. The topological polar surface area (TPSA) is 18.5 Å². The van der Waals surface area contributed by atoms with Crippen LogP contribution in [-0.2, 0) is 9.47 Å². The summed E-state index contributed by atoms with van der Waals surface area (Å²) < 4.78 is 10.7. The molecule has 0 amide bonds. The minimum atomic E-state index is -0.0322. The summed E-state index contributed by atoms with van der Waals surface area (Å²) in [5.74, 6) is 0.947. The Morgan fingerprint density at radius 3 is 2.62 bits per heavy atom. The second kappa shape index (κ2) is 6.12. The summed E-state index contributed by atoms with van der Waals surface area (Å²) in [6.07, 6.45) is 0.862. The Bertz CT molecular complexity index is 354. The largest absolute Gasteiger partial charge is 0.350 e. The monoisotopic (exact) mass is 278 g/mol. The van der Waals surface area contributed by atoms with E-state index in [1.807, 2.05) is 18.2 Å². The predicted molar refractivity (Wildman–Crippen MR) is 67.5 cm³/mol. The van der Waals surface area contributed by atoms with Crippen molar-refractivity contribution in [1.29, 1.82) is 0 Å². The number of ether oxygens (including phenoxy) is 2. The summed E-state index contributed by atoms with van der Waals surface area (Å²) in [6, 6.07) is 5.66. The highest BCUT2D eigenvalue weighted by molar-refractivity contribution is 7.99. The van der Waals surface area contributed by atoms with Crippen molar-refractivity contribution in [2.45, 2.75) is 17.6 Å². The van der Waals surface area contributed by atoms with Crippen molar-refractivity contribution in [2.75, 3.05) is 19.0 Å². The molecule has 1 aromatic carbocycles. The van der Waals surface area contributed by atoms with E-state index in [1.165, 1.54) is 0 Å². The van der Waals surface area contributed by atoms with Gasteiger partial charge in [0, 0.05) is 17.1 Å². The first-order valence-electron chi connectivity index (χ1n) is 5.07. The van der Waals surface area contributed by atoms with E-state index in [1.54, 1.807) is 11.8 Å². The molecule has 0 saturated carbocycles. The third-order valence-corrected chi connectivity index (χ3v) is 3.97. The highest BCUT2D eigenvalue weighted by atomic mass is 35.5.